The molecule has 5 heteroatoms. The Balaban J connectivity index is 2.32. The summed E-state index contributed by atoms with van der Waals surface area (Å²) in [6, 6.07) is 0.757. The highest BCUT2D eigenvalue weighted by Gasteiger charge is 2.23. The summed E-state index contributed by atoms with van der Waals surface area (Å²) in [5.41, 5.74) is -0.450. The quantitative estimate of drug-likeness (QED) is 0.792. The first-order valence-corrected chi connectivity index (χ1v) is 8.18. The number of ether oxygens (including phenoxy) is 2. The van der Waals surface area contributed by atoms with Gasteiger partial charge in [-0.1, -0.05) is 13.8 Å². The third kappa shape index (κ3) is 7.67. The number of rotatable bonds is 6. The summed E-state index contributed by atoms with van der Waals surface area (Å²) in [7, 11) is 0. The molecule has 1 aliphatic rings. The monoisotopic (exact) mass is 300 g/mol. The van der Waals surface area contributed by atoms with E-state index in [4.69, 9.17) is 9.47 Å². The Morgan fingerprint density at radius 1 is 1.38 bits per heavy atom. The van der Waals surface area contributed by atoms with Crippen LogP contribution in [0.5, 0.6) is 0 Å². The minimum atomic E-state index is -0.450. The molecule has 0 aliphatic carbocycles. The van der Waals surface area contributed by atoms with Crippen LogP contribution < -0.4 is 10.6 Å². The molecule has 0 aromatic rings. The van der Waals surface area contributed by atoms with Crippen LogP contribution in [-0.4, -0.2) is 43.0 Å². The zero-order valence-corrected chi connectivity index (χ0v) is 14.2. The summed E-state index contributed by atoms with van der Waals surface area (Å²) in [4.78, 5) is 11.7. The highest BCUT2D eigenvalue weighted by Crippen LogP contribution is 2.17. The van der Waals surface area contributed by atoms with Crippen molar-refractivity contribution in [2.45, 2.75) is 84.1 Å². The van der Waals surface area contributed by atoms with Crippen molar-refractivity contribution in [2.24, 2.45) is 0 Å². The fourth-order valence-electron chi connectivity index (χ4n) is 2.49. The van der Waals surface area contributed by atoms with Crippen LogP contribution in [0, 0.1) is 0 Å². The normalized spacial score (nSPS) is 24.4. The molecule has 21 heavy (non-hydrogen) atoms. The smallest absolute Gasteiger partial charge is 0.407 e. The largest absolute Gasteiger partial charge is 0.444 e. The predicted octanol–water partition coefficient (Wildman–Crippen LogP) is 2.84. The third-order valence-corrected chi connectivity index (χ3v) is 3.68. The summed E-state index contributed by atoms with van der Waals surface area (Å²) in [6.07, 6.45) is 4.15. The Morgan fingerprint density at radius 2 is 2.10 bits per heavy atom. The summed E-state index contributed by atoms with van der Waals surface area (Å²) in [5, 5.41) is 6.49. The maximum atomic E-state index is 11.7. The second-order valence-electron chi connectivity index (χ2n) is 6.78. The minimum Gasteiger partial charge on any atom is -0.444 e. The highest BCUT2D eigenvalue weighted by atomic mass is 16.6. The van der Waals surface area contributed by atoms with Crippen LogP contribution in [0.2, 0.25) is 0 Å². The molecule has 1 heterocycles. The maximum Gasteiger partial charge on any atom is 0.407 e. The van der Waals surface area contributed by atoms with Gasteiger partial charge in [-0.15, -0.1) is 0 Å². The zero-order chi connectivity index (χ0) is 15.9. The van der Waals surface area contributed by atoms with Crippen LogP contribution in [0.3, 0.4) is 0 Å². The third-order valence-electron chi connectivity index (χ3n) is 3.68. The number of carbonyl (C=O) groups excluding carboxylic acids is 1. The van der Waals surface area contributed by atoms with E-state index < -0.39 is 5.60 Å². The molecule has 3 atom stereocenters. The van der Waals surface area contributed by atoms with Crippen LogP contribution in [0.15, 0.2) is 0 Å². The van der Waals surface area contributed by atoms with Gasteiger partial charge in [0.05, 0.1) is 6.10 Å². The van der Waals surface area contributed by atoms with Crippen molar-refractivity contribution in [2.75, 3.05) is 13.2 Å². The number of hydrogen-bond acceptors (Lipinski definition) is 4. The lowest BCUT2D eigenvalue weighted by atomic mass is 10.00. The van der Waals surface area contributed by atoms with Gasteiger partial charge in [0.2, 0.25) is 0 Å². The van der Waals surface area contributed by atoms with Crippen LogP contribution in [0.25, 0.3) is 0 Å². The van der Waals surface area contributed by atoms with E-state index in [1.807, 2.05) is 20.8 Å². The van der Waals surface area contributed by atoms with Crippen LogP contribution in [0.1, 0.15) is 60.3 Å². The van der Waals surface area contributed by atoms with E-state index in [1.165, 1.54) is 0 Å². The van der Waals surface area contributed by atoms with Crippen molar-refractivity contribution in [3.05, 3.63) is 0 Å². The highest BCUT2D eigenvalue weighted by molar-refractivity contribution is 5.67. The molecule has 2 N–H and O–H groups in total. The van der Waals surface area contributed by atoms with Gasteiger partial charge in [-0.25, -0.2) is 4.79 Å². The first-order chi connectivity index (χ1) is 9.84. The maximum absolute atomic E-state index is 11.7. The van der Waals surface area contributed by atoms with Crippen molar-refractivity contribution < 1.29 is 14.3 Å². The first-order valence-electron chi connectivity index (χ1n) is 8.18. The van der Waals surface area contributed by atoms with E-state index in [0.717, 1.165) is 32.3 Å². The fourth-order valence-corrected chi connectivity index (χ4v) is 2.49. The Bertz CT molecular complexity index is 315. The van der Waals surface area contributed by atoms with Gasteiger partial charge in [0, 0.05) is 25.2 Å². The van der Waals surface area contributed by atoms with Crippen molar-refractivity contribution in [1.29, 1.82) is 0 Å². The molecule has 1 aliphatic heterocycles. The van der Waals surface area contributed by atoms with Crippen LogP contribution >= 0.6 is 0 Å². The van der Waals surface area contributed by atoms with E-state index in [9.17, 15) is 4.79 Å². The number of nitrogens with one attached hydrogen (secondary N) is 2. The molecule has 0 bridgehead atoms. The lowest BCUT2D eigenvalue weighted by molar-refractivity contribution is -0.00219. The number of amides is 1. The van der Waals surface area contributed by atoms with Gasteiger partial charge < -0.3 is 20.1 Å². The first kappa shape index (κ1) is 18.2. The molecule has 0 aromatic heterocycles. The standard InChI is InChI=1S/C16H32N2O3/c1-6-12(11-17-15(19)21-16(3,4)5)18-13-8-9-20-14(7-2)10-13/h12-14,18H,6-11H2,1-5H3,(H,17,19). The number of alkyl carbamates (subject to hydrolysis) is 1. The molecular formula is C16H32N2O3. The Hall–Kier alpha value is -0.810. The summed E-state index contributed by atoms with van der Waals surface area (Å²) in [6.45, 7) is 11.3. The molecule has 3 unspecified atom stereocenters. The SMILES string of the molecule is CCC(CNC(=O)OC(C)(C)C)NC1CCOC(CC)C1. The molecule has 124 valence electrons. The molecule has 5 nitrogen and oxygen atoms in total. The second kappa shape index (κ2) is 8.59. The molecule has 1 amide bonds. The minimum absolute atomic E-state index is 0.276. The number of carbonyl (C=O) groups is 1. The second-order valence-corrected chi connectivity index (χ2v) is 6.78. The zero-order valence-electron chi connectivity index (χ0n) is 14.2. The Morgan fingerprint density at radius 3 is 2.67 bits per heavy atom. The van der Waals surface area contributed by atoms with E-state index in [-0.39, 0.29) is 12.1 Å². The van der Waals surface area contributed by atoms with E-state index in [2.05, 4.69) is 24.5 Å². The van der Waals surface area contributed by atoms with Gasteiger partial charge in [0.1, 0.15) is 5.60 Å². The molecular weight excluding hydrogens is 268 g/mol. The fraction of sp³-hybridized carbons (Fsp3) is 0.938. The molecule has 0 saturated carbocycles. The van der Waals surface area contributed by atoms with E-state index in [1.54, 1.807) is 0 Å². The van der Waals surface area contributed by atoms with Gasteiger partial charge in [-0.3, -0.25) is 0 Å². The molecule has 1 saturated heterocycles. The van der Waals surface area contributed by atoms with Crippen molar-refractivity contribution in [1.82, 2.24) is 10.6 Å². The molecule has 0 aromatic carbocycles. The Kier molecular flexibility index (Phi) is 7.46. The average Bonchev–Trinajstić information content (AvgIpc) is 2.41. The predicted molar refractivity (Wildman–Crippen MR) is 84.5 cm³/mol. The van der Waals surface area contributed by atoms with Gasteiger partial charge in [-0.2, -0.15) is 0 Å². The van der Waals surface area contributed by atoms with Crippen molar-refractivity contribution >= 4 is 6.09 Å². The van der Waals surface area contributed by atoms with Crippen LogP contribution in [0.4, 0.5) is 4.79 Å². The summed E-state index contributed by atoms with van der Waals surface area (Å²) in [5.74, 6) is 0. The number of hydrogen-bond donors (Lipinski definition) is 2. The van der Waals surface area contributed by atoms with E-state index >= 15 is 0 Å². The molecule has 0 radical (unpaired) electrons. The Labute approximate surface area is 129 Å². The van der Waals surface area contributed by atoms with Gasteiger partial charge in [0.25, 0.3) is 0 Å². The summed E-state index contributed by atoms with van der Waals surface area (Å²) < 4.78 is 11.0. The van der Waals surface area contributed by atoms with Gasteiger partial charge in [-0.05, 0) is 46.5 Å². The van der Waals surface area contributed by atoms with Crippen molar-refractivity contribution in [3.8, 4) is 0 Å². The lowest BCUT2D eigenvalue weighted by Gasteiger charge is -2.32. The molecule has 1 rings (SSSR count). The molecule has 1 fully saturated rings. The van der Waals surface area contributed by atoms with Crippen molar-refractivity contribution in [3.63, 3.8) is 0 Å². The molecule has 0 spiro atoms. The van der Waals surface area contributed by atoms with Gasteiger partial charge >= 0.3 is 6.09 Å². The van der Waals surface area contributed by atoms with E-state index in [0.29, 0.717) is 18.7 Å². The van der Waals surface area contributed by atoms with Gasteiger partial charge in [0.15, 0.2) is 0 Å². The van der Waals surface area contributed by atoms with Crippen LogP contribution in [-0.2, 0) is 9.47 Å². The average molecular weight is 300 g/mol. The summed E-state index contributed by atoms with van der Waals surface area (Å²) >= 11 is 0. The topological polar surface area (TPSA) is 59.6 Å². The lowest BCUT2D eigenvalue weighted by Crippen LogP contribution is -2.48.